The lowest BCUT2D eigenvalue weighted by molar-refractivity contribution is -0.114. The lowest BCUT2D eigenvalue weighted by Crippen LogP contribution is -2.10. The molecule has 6 heteroatoms. The Morgan fingerprint density at radius 1 is 1.00 bits per heavy atom. The molecule has 3 rings (SSSR count). The van der Waals surface area contributed by atoms with E-state index in [1.54, 1.807) is 28.9 Å². The third-order valence-electron chi connectivity index (χ3n) is 3.22. The molecule has 0 aliphatic rings. The average molecular weight is 346 g/mol. The number of nitrogens with zero attached hydrogens (tertiary/aromatic N) is 2. The zero-order valence-corrected chi connectivity index (χ0v) is 13.8. The van der Waals surface area contributed by atoms with Crippen LogP contribution in [0.5, 0.6) is 0 Å². The predicted molar refractivity (Wildman–Crippen MR) is 93.3 cm³/mol. The molecule has 1 N–H and O–H groups in total. The Kier molecular flexibility index (Phi) is 4.37. The average Bonchev–Trinajstić information content (AvgIpc) is 2.92. The molecule has 0 fully saturated rings. The highest BCUT2D eigenvalue weighted by Gasteiger charge is 2.12. The summed E-state index contributed by atoms with van der Waals surface area (Å²) in [5.41, 5.74) is 2.45. The summed E-state index contributed by atoms with van der Waals surface area (Å²) in [4.78, 5) is 11.5. The van der Waals surface area contributed by atoms with Crippen LogP contribution in [0.4, 0.5) is 5.82 Å². The fourth-order valence-electron chi connectivity index (χ4n) is 2.19. The predicted octanol–water partition coefficient (Wildman–Crippen LogP) is 4.80. The number of benzene rings is 2. The molecule has 0 radical (unpaired) electrons. The van der Waals surface area contributed by atoms with Crippen molar-refractivity contribution in [2.24, 2.45) is 0 Å². The number of hydrogen-bond acceptors (Lipinski definition) is 2. The summed E-state index contributed by atoms with van der Waals surface area (Å²) in [6, 6.07) is 16.4. The van der Waals surface area contributed by atoms with Gasteiger partial charge in [0.05, 0.1) is 11.4 Å². The number of rotatable bonds is 3. The minimum absolute atomic E-state index is 0.164. The maximum absolute atomic E-state index is 11.5. The molecule has 1 amide bonds. The lowest BCUT2D eigenvalue weighted by atomic mass is 10.1. The van der Waals surface area contributed by atoms with Gasteiger partial charge in [0.15, 0.2) is 0 Å². The van der Waals surface area contributed by atoms with E-state index in [2.05, 4.69) is 10.4 Å². The van der Waals surface area contributed by atoms with Gasteiger partial charge in [0.1, 0.15) is 5.82 Å². The third kappa shape index (κ3) is 3.55. The van der Waals surface area contributed by atoms with Crippen molar-refractivity contribution in [1.82, 2.24) is 9.78 Å². The molecule has 1 heterocycles. The van der Waals surface area contributed by atoms with Gasteiger partial charge in [-0.3, -0.25) is 4.79 Å². The molecule has 0 bridgehead atoms. The molecule has 0 saturated carbocycles. The topological polar surface area (TPSA) is 46.9 Å². The zero-order valence-electron chi connectivity index (χ0n) is 12.3. The quantitative estimate of drug-likeness (QED) is 0.740. The van der Waals surface area contributed by atoms with Crippen LogP contribution in [0.15, 0.2) is 54.6 Å². The normalized spacial score (nSPS) is 10.6. The van der Waals surface area contributed by atoms with Crippen LogP contribution in [0.1, 0.15) is 6.92 Å². The summed E-state index contributed by atoms with van der Waals surface area (Å²) >= 11 is 11.8. The van der Waals surface area contributed by atoms with Crippen molar-refractivity contribution < 1.29 is 4.79 Å². The van der Waals surface area contributed by atoms with Crippen LogP contribution >= 0.6 is 23.2 Å². The number of nitrogens with one attached hydrogen (secondary N) is 1. The number of aromatic nitrogens is 2. The van der Waals surface area contributed by atoms with Crippen LogP contribution in [0, 0.1) is 0 Å². The molecule has 0 saturated heterocycles. The second kappa shape index (κ2) is 6.44. The van der Waals surface area contributed by atoms with Crippen LogP contribution in [-0.2, 0) is 4.79 Å². The Labute approximate surface area is 143 Å². The Morgan fingerprint density at radius 3 is 2.13 bits per heavy atom. The summed E-state index contributed by atoms with van der Waals surface area (Å²) in [5.74, 6) is 0.424. The standard InChI is InChI=1S/C17H13Cl2N3O/c1-11(23)20-17-10-16(12-2-4-13(18)5-3-12)21-22(17)15-8-6-14(19)7-9-15/h2-10H,1H3,(H,20,23). The van der Waals surface area contributed by atoms with Crippen LogP contribution in [0.2, 0.25) is 10.0 Å². The van der Waals surface area contributed by atoms with Crippen molar-refractivity contribution >= 4 is 34.9 Å². The van der Waals surface area contributed by atoms with E-state index < -0.39 is 0 Å². The fraction of sp³-hybridized carbons (Fsp3) is 0.0588. The van der Waals surface area contributed by atoms with Gasteiger partial charge in [-0.05, 0) is 36.4 Å². The van der Waals surface area contributed by atoms with Crippen molar-refractivity contribution in [3.05, 3.63) is 64.6 Å². The van der Waals surface area contributed by atoms with Gasteiger partial charge in [-0.25, -0.2) is 4.68 Å². The first kappa shape index (κ1) is 15.6. The molecule has 0 aliphatic carbocycles. The first-order valence-electron chi connectivity index (χ1n) is 6.92. The fourth-order valence-corrected chi connectivity index (χ4v) is 2.44. The van der Waals surface area contributed by atoms with Crippen molar-refractivity contribution in [3.8, 4) is 16.9 Å². The van der Waals surface area contributed by atoms with E-state index in [4.69, 9.17) is 23.2 Å². The van der Waals surface area contributed by atoms with Crippen molar-refractivity contribution in [2.75, 3.05) is 5.32 Å². The van der Waals surface area contributed by atoms with Gasteiger partial charge in [0.2, 0.25) is 5.91 Å². The highest BCUT2D eigenvalue weighted by molar-refractivity contribution is 6.30. The van der Waals surface area contributed by atoms with Crippen molar-refractivity contribution in [3.63, 3.8) is 0 Å². The molecule has 23 heavy (non-hydrogen) atoms. The molecule has 0 unspecified atom stereocenters. The minimum Gasteiger partial charge on any atom is -0.311 e. The summed E-state index contributed by atoms with van der Waals surface area (Å²) in [7, 11) is 0. The molecule has 0 aliphatic heterocycles. The van der Waals surface area contributed by atoms with Gasteiger partial charge in [-0.1, -0.05) is 35.3 Å². The van der Waals surface area contributed by atoms with Crippen LogP contribution < -0.4 is 5.32 Å². The van der Waals surface area contributed by atoms with Crippen LogP contribution in [0.25, 0.3) is 16.9 Å². The molecule has 0 atom stereocenters. The summed E-state index contributed by atoms with van der Waals surface area (Å²) in [6.07, 6.45) is 0. The second-order valence-corrected chi connectivity index (χ2v) is 5.86. The summed E-state index contributed by atoms with van der Waals surface area (Å²) in [6.45, 7) is 1.46. The smallest absolute Gasteiger partial charge is 0.222 e. The highest BCUT2D eigenvalue weighted by atomic mass is 35.5. The lowest BCUT2D eigenvalue weighted by Gasteiger charge is -2.07. The molecule has 2 aromatic carbocycles. The Morgan fingerprint density at radius 2 is 1.57 bits per heavy atom. The zero-order chi connectivity index (χ0) is 16.4. The summed E-state index contributed by atoms with van der Waals surface area (Å²) in [5, 5.41) is 8.67. The van der Waals surface area contributed by atoms with E-state index >= 15 is 0 Å². The van der Waals surface area contributed by atoms with Gasteiger partial charge in [0.25, 0.3) is 0 Å². The molecular formula is C17H13Cl2N3O. The van der Waals surface area contributed by atoms with E-state index in [1.807, 2.05) is 30.3 Å². The van der Waals surface area contributed by atoms with Gasteiger partial charge < -0.3 is 5.32 Å². The van der Waals surface area contributed by atoms with E-state index in [9.17, 15) is 4.79 Å². The number of hydrogen-bond donors (Lipinski definition) is 1. The third-order valence-corrected chi connectivity index (χ3v) is 3.73. The maximum Gasteiger partial charge on any atom is 0.222 e. The Balaban J connectivity index is 2.08. The first-order valence-corrected chi connectivity index (χ1v) is 7.68. The summed E-state index contributed by atoms with van der Waals surface area (Å²) < 4.78 is 1.67. The van der Waals surface area contributed by atoms with Crippen molar-refractivity contribution in [1.29, 1.82) is 0 Å². The van der Waals surface area contributed by atoms with E-state index in [0.29, 0.717) is 15.9 Å². The SMILES string of the molecule is CC(=O)Nc1cc(-c2ccc(Cl)cc2)nn1-c1ccc(Cl)cc1. The number of carbonyl (C=O) groups is 1. The molecule has 4 nitrogen and oxygen atoms in total. The second-order valence-electron chi connectivity index (χ2n) is 4.99. The van der Waals surface area contributed by atoms with E-state index in [-0.39, 0.29) is 5.91 Å². The van der Waals surface area contributed by atoms with Gasteiger partial charge in [-0.2, -0.15) is 5.10 Å². The van der Waals surface area contributed by atoms with Gasteiger partial charge in [-0.15, -0.1) is 0 Å². The number of halogens is 2. The van der Waals surface area contributed by atoms with Crippen LogP contribution in [0.3, 0.4) is 0 Å². The van der Waals surface area contributed by atoms with Gasteiger partial charge >= 0.3 is 0 Å². The molecular weight excluding hydrogens is 333 g/mol. The van der Waals surface area contributed by atoms with Crippen molar-refractivity contribution in [2.45, 2.75) is 6.92 Å². The molecule has 116 valence electrons. The van der Waals surface area contributed by atoms with E-state index in [1.165, 1.54) is 6.92 Å². The molecule has 3 aromatic rings. The Bertz CT molecular complexity index is 839. The number of carbonyl (C=O) groups excluding carboxylic acids is 1. The highest BCUT2D eigenvalue weighted by Crippen LogP contribution is 2.26. The van der Waals surface area contributed by atoms with Crippen LogP contribution in [-0.4, -0.2) is 15.7 Å². The molecule has 1 aromatic heterocycles. The van der Waals surface area contributed by atoms with E-state index in [0.717, 1.165) is 16.9 Å². The number of amides is 1. The maximum atomic E-state index is 11.5. The largest absolute Gasteiger partial charge is 0.311 e. The number of anilines is 1. The first-order chi connectivity index (χ1) is 11.0. The van der Waals surface area contributed by atoms with Gasteiger partial charge in [0, 0.05) is 28.6 Å². The minimum atomic E-state index is -0.164. The molecule has 0 spiro atoms. The monoisotopic (exact) mass is 345 g/mol. The Hall–Kier alpha value is -2.30.